The molecule has 0 aromatic heterocycles. The molecule has 0 aliphatic heterocycles. The Hall–Kier alpha value is -0.210. The summed E-state index contributed by atoms with van der Waals surface area (Å²) in [6, 6.07) is 0. The van der Waals surface area contributed by atoms with Crippen LogP contribution in [0, 0.1) is 6.42 Å². The lowest BCUT2D eigenvalue weighted by Gasteiger charge is -2.21. The number of alkyl halides is 3. The second kappa shape index (κ2) is 2.58. The van der Waals surface area contributed by atoms with Crippen LogP contribution < -0.4 is 0 Å². The molecule has 1 radical (unpaired) electrons. The molecule has 3 heteroatoms. The highest BCUT2D eigenvalue weighted by Crippen LogP contribution is 2.24. The van der Waals surface area contributed by atoms with Gasteiger partial charge in [-0.05, 0) is 12.8 Å². The smallest absolute Gasteiger partial charge is 0.137 e. The fraction of sp³-hybridized carbons (Fsp3) is 0.833. The third-order valence-electron chi connectivity index (χ3n) is 1.46. The van der Waals surface area contributed by atoms with Crippen molar-refractivity contribution in [1.82, 2.24) is 0 Å². The highest BCUT2D eigenvalue weighted by atomic mass is 19.2. The summed E-state index contributed by atoms with van der Waals surface area (Å²) >= 11 is 0. The molecule has 0 N–H and O–H groups in total. The topological polar surface area (TPSA) is 0 Å². The van der Waals surface area contributed by atoms with Crippen molar-refractivity contribution >= 4 is 0 Å². The van der Waals surface area contributed by atoms with Crippen molar-refractivity contribution in [2.75, 3.05) is 0 Å². The summed E-state index contributed by atoms with van der Waals surface area (Å²) in [6.45, 7) is 0. The van der Waals surface area contributed by atoms with Crippen molar-refractivity contribution < 1.29 is 13.2 Å². The minimum atomic E-state index is -1.69. The summed E-state index contributed by atoms with van der Waals surface area (Å²) < 4.78 is 36.5. The van der Waals surface area contributed by atoms with Gasteiger partial charge in [-0.1, -0.05) is 0 Å². The van der Waals surface area contributed by atoms with E-state index in [0.717, 1.165) is 6.42 Å². The number of halogens is 3. The highest BCUT2D eigenvalue weighted by Gasteiger charge is 2.30. The van der Waals surface area contributed by atoms with Gasteiger partial charge in [0.1, 0.15) is 18.5 Å². The molecule has 9 heavy (non-hydrogen) atoms. The van der Waals surface area contributed by atoms with Crippen LogP contribution in [0.4, 0.5) is 13.2 Å². The first-order chi connectivity index (χ1) is 4.20. The van der Waals surface area contributed by atoms with Crippen LogP contribution in [0.3, 0.4) is 0 Å². The molecule has 3 atom stereocenters. The zero-order valence-electron chi connectivity index (χ0n) is 4.86. The van der Waals surface area contributed by atoms with Crippen molar-refractivity contribution in [1.29, 1.82) is 0 Å². The second-order valence-electron chi connectivity index (χ2n) is 2.25. The third-order valence-corrected chi connectivity index (χ3v) is 1.46. The molecule has 0 aromatic rings. The zero-order valence-corrected chi connectivity index (χ0v) is 4.86. The van der Waals surface area contributed by atoms with E-state index in [9.17, 15) is 13.2 Å². The molecule has 0 aromatic carbocycles. The SMILES string of the molecule is FC1[CH]C(F)C(F)CC1. The fourth-order valence-corrected chi connectivity index (χ4v) is 0.894. The lowest BCUT2D eigenvalue weighted by molar-refractivity contribution is 0.120. The van der Waals surface area contributed by atoms with E-state index in [2.05, 4.69) is 0 Å². The highest BCUT2D eigenvalue weighted by molar-refractivity contribution is 4.94. The molecule has 1 saturated carbocycles. The van der Waals surface area contributed by atoms with Gasteiger partial charge in [-0.25, -0.2) is 13.2 Å². The van der Waals surface area contributed by atoms with Crippen LogP contribution in [0.5, 0.6) is 0 Å². The largest absolute Gasteiger partial charge is 0.247 e. The first kappa shape index (κ1) is 6.90. The molecule has 1 fully saturated rings. The predicted octanol–water partition coefficient (Wildman–Crippen LogP) is 2.00. The number of hydrogen-bond acceptors (Lipinski definition) is 0. The van der Waals surface area contributed by atoms with Gasteiger partial charge in [-0.3, -0.25) is 0 Å². The summed E-state index contributed by atoms with van der Waals surface area (Å²) in [5, 5.41) is 0. The molecule has 1 aliphatic carbocycles. The molecule has 0 amide bonds. The summed E-state index contributed by atoms with van der Waals surface area (Å²) in [5.41, 5.74) is 0. The summed E-state index contributed by atoms with van der Waals surface area (Å²) in [6.07, 6.45) is -3.48. The van der Waals surface area contributed by atoms with E-state index in [-0.39, 0.29) is 12.8 Å². The average Bonchev–Trinajstić information content (AvgIpc) is 1.80. The molecule has 0 bridgehead atoms. The zero-order chi connectivity index (χ0) is 6.85. The van der Waals surface area contributed by atoms with E-state index >= 15 is 0 Å². The minimum Gasteiger partial charge on any atom is -0.247 e. The Morgan fingerprint density at radius 1 is 1.11 bits per heavy atom. The molecule has 1 rings (SSSR count). The third kappa shape index (κ3) is 1.60. The van der Waals surface area contributed by atoms with Crippen LogP contribution in [-0.4, -0.2) is 18.5 Å². The van der Waals surface area contributed by atoms with Gasteiger partial charge < -0.3 is 0 Å². The Morgan fingerprint density at radius 2 is 1.78 bits per heavy atom. The van der Waals surface area contributed by atoms with E-state index in [0.29, 0.717) is 0 Å². The van der Waals surface area contributed by atoms with Gasteiger partial charge in [0.25, 0.3) is 0 Å². The van der Waals surface area contributed by atoms with E-state index in [1.54, 1.807) is 0 Å². The van der Waals surface area contributed by atoms with E-state index in [1.807, 2.05) is 0 Å². The predicted molar refractivity (Wildman–Crippen MR) is 28.2 cm³/mol. The standard InChI is InChI=1S/C6H8F3/c7-4-1-2-5(8)6(9)3-4/h3-6H,1-2H2. The summed E-state index contributed by atoms with van der Waals surface area (Å²) in [5.74, 6) is 0. The molecule has 1 aliphatic rings. The Balaban J connectivity index is 2.35. The monoisotopic (exact) mass is 137 g/mol. The lowest BCUT2D eigenvalue weighted by atomic mass is 9.96. The van der Waals surface area contributed by atoms with Gasteiger partial charge in [0.05, 0.1) is 0 Å². The van der Waals surface area contributed by atoms with Crippen LogP contribution in [0.15, 0.2) is 0 Å². The van der Waals surface area contributed by atoms with Crippen LogP contribution >= 0.6 is 0 Å². The molecule has 53 valence electrons. The molecule has 3 unspecified atom stereocenters. The maximum absolute atomic E-state index is 12.2. The van der Waals surface area contributed by atoms with Crippen LogP contribution in [0.25, 0.3) is 0 Å². The van der Waals surface area contributed by atoms with Gasteiger partial charge in [0.15, 0.2) is 0 Å². The van der Waals surface area contributed by atoms with Crippen molar-refractivity contribution in [3.05, 3.63) is 6.42 Å². The lowest BCUT2D eigenvalue weighted by Crippen LogP contribution is -2.28. The van der Waals surface area contributed by atoms with Crippen LogP contribution in [0.1, 0.15) is 12.8 Å². The molecule has 0 spiro atoms. The molecule has 0 nitrogen and oxygen atoms in total. The van der Waals surface area contributed by atoms with Crippen molar-refractivity contribution in [3.63, 3.8) is 0 Å². The Kier molecular flexibility index (Phi) is 1.98. The molecular weight excluding hydrogens is 129 g/mol. The Morgan fingerprint density at radius 3 is 2.22 bits per heavy atom. The van der Waals surface area contributed by atoms with Crippen molar-refractivity contribution in [2.24, 2.45) is 0 Å². The van der Waals surface area contributed by atoms with E-state index in [1.165, 1.54) is 0 Å². The number of rotatable bonds is 0. The first-order valence-electron chi connectivity index (χ1n) is 2.97. The van der Waals surface area contributed by atoms with Gasteiger partial charge in [0, 0.05) is 6.42 Å². The maximum Gasteiger partial charge on any atom is 0.137 e. The quantitative estimate of drug-likeness (QED) is 0.479. The van der Waals surface area contributed by atoms with Crippen LogP contribution in [0.2, 0.25) is 0 Å². The van der Waals surface area contributed by atoms with Crippen molar-refractivity contribution in [2.45, 2.75) is 31.4 Å². The summed E-state index contributed by atoms with van der Waals surface area (Å²) in [4.78, 5) is 0. The average molecular weight is 137 g/mol. The first-order valence-corrected chi connectivity index (χ1v) is 2.97. The van der Waals surface area contributed by atoms with Crippen molar-refractivity contribution in [3.8, 4) is 0 Å². The normalized spacial score (nSPS) is 45.0. The Labute approximate surface area is 52.1 Å². The van der Waals surface area contributed by atoms with Gasteiger partial charge in [0.2, 0.25) is 0 Å². The molecular formula is C6H8F3. The Bertz CT molecular complexity index is 94.3. The maximum atomic E-state index is 12.2. The summed E-state index contributed by atoms with van der Waals surface area (Å²) in [7, 11) is 0. The molecule has 0 heterocycles. The van der Waals surface area contributed by atoms with Gasteiger partial charge in [-0.15, -0.1) is 0 Å². The minimum absolute atomic E-state index is 0.0127. The van der Waals surface area contributed by atoms with Crippen LogP contribution in [-0.2, 0) is 0 Å². The van der Waals surface area contributed by atoms with Gasteiger partial charge >= 0.3 is 0 Å². The van der Waals surface area contributed by atoms with E-state index < -0.39 is 18.5 Å². The molecule has 0 saturated heterocycles. The van der Waals surface area contributed by atoms with E-state index in [4.69, 9.17) is 0 Å². The fourth-order valence-electron chi connectivity index (χ4n) is 0.894. The second-order valence-corrected chi connectivity index (χ2v) is 2.25. The van der Waals surface area contributed by atoms with Gasteiger partial charge in [-0.2, -0.15) is 0 Å². The number of hydrogen-bond donors (Lipinski definition) is 0.